The van der Waals surface area contributed by atoms with Crippen molar-refractivity contribution < 1.29 is 18.3 Å². The highest BCUT2D eigenvalue weighted by molar-refractivity contribution is 9.10. The van der Waals surface area contributed by atoms with Gasteiger partial charge in [0.05, 0.1) is 29.7 Å². The van der Waals surface area contributed by atoms with Gasteiger partial charge in [-0.05, 0) is 60.5 Å². The van der Waals surface area contributed by atoms with Crippen LogP contribution in [0.25, 0.3) is 11.0 Å². The van der Waals surface area contributed by atoms with Crippen LogP contribution in [0.4, 0.5) is 8.78 Å². The maximum absolute atomic E-state index is 14.3. The lowest BCUT2D eigenvalue weighted by Crippen LogP contribution is -2.05. The number of aromatic nitrogens is 2. The molecule has 0 radical (unpaired) electrons. The van der Waals surface area contributed by atoms with Crippen molar-refractivity contribution in [1.82, 2.24) is 9.55 Å². The molecule has 4 aromatic rings. The van der Waals surface area contributed by atoms with Crippen LogP contribution in [0.1, 0.15) is 28.4 Å². The number of rotatable bonds is 7. The number of esters is 1. The summed E-state index contributed by atoms with van der Waals surface area (Å²) in [5, 5.41) is 0.646. The van der Waals surface area contributed by atoms with E-state index < -0.39 is 5.97 Å². The third kappa shape index (κ3) is 5.02. The number of fused-ring (bicyclic) bond motifs is 1. The van der Waals surface area contributed by atoms with Crippen molar-refractivity contribution >= 4 is 44.7 Å². The van der Waals surface area contributed by atoms with E-state index in [1.54, 1.807) is 43.3 Å². The summed E-state index contributed by atoms with van der Waals surface area (Å²) in [7, 11) is 0. The third-order valence-corrected chi connectivity index (χ3v) is 6.34. The molecule has 32 heavy (non-hydrogen) atoms. The van der Waals surface area contributed by atoms with Crippen LogP contribution in [0, 0.1) is 11.6 Å². The van der Waals surface area contributed by atoms with Gasteiger partial charge in [-0.3, -0.25) is 0 Å². The zero-order valence-electron chi connectivity index (χ0n) is 17.1. The molecule has 1 aromatic heterocycles. The predicted octanol–water partition coefficient (Wildman–Crippen LogP) is 6.59. The lowest BCUT2D eigenvalue weighted by Gasteiger charge is -2.10. The fourth-order valence-electron chi connectivity index (χ4n) is 3.31. The molecule has 0 aliphatic rings. The molecule has 0 amide bonds. The molecule has 164 valence electrons. The van der Waals surface area contributed by atoms with Crippen molar-refractivity contribution in [2.45, 2.75) is 24.4 Å². The molecule has 0 fully saturated rings. The van der Waals surface area contributed by atoms with Gasteiger partial charge < -0.3 is 9.30 Å². The number of halogens is 3. The first-order valence-electron chi connectivity index (χ1n) is 9.93. The van der Waals surface area contributed by atoms with Crippen molar-refractivity contribution in [3.8, 4) is 0 Å². The summed E-state index contributed by atoms with van der Waals surface area (Å²) in [4.78, 5) is 16.8. The lowest BCUT2D eigenvalue weighted by molar-refractivity contribution is 0.0526. The van der Waals surface area contributed by atoms with Gasteiger partial charge in [0.25, 0.3) is 0 Å². The van der Waals surface area contributed by atoms with Crippen LogP contribution < -0.4 is 0 Å². The summed E-state index contributed by atoms with van der Waals surface area (Å²) in [5.74, 6) is -0.664. The molecule has 0 bridgehead atoms. The van der Waals surface area contributed by atoms with E-state index in [-0.39, 0.29) is 18.2 Å². The van der Waals surface area contributed by atoms with E-state index in [0.717, 1.165) is 11.1 Å². The summed E-state index contributed by atoms with van der Waals surface area (Å²) in [6.07, 6.45) is 0. The van der Waals surface area contributed by atoms with Gasteiger partial charge in [-0.1, -0.05) is 45.9 Å². The van der Waals surface area contributed by atoms with Crippen molar-refractivity contribution in [2.75, 3.05) is 6.61 Å². The smallest absolute Gasteiger partial charge is 0.338 e. The minimum Gasteiger partial charge on any atom is -0.462 e. The van der Waals surface area contributed by atoms with Crippen LogP contribution in [0.3, 0.4) is 0 Å². The Bertz CT molecular complexity index is 1290. The first kappa shape index (κ1) is 22.5. The molecule has 0 saturated heterocycles. The molecule has 0 aliphatic heterocycles. The molecule has 4 nitrogen and oxygen atoms in total. The number of thioether (sulfide) groups is 1. The van der Waals surface area contributed by atoms with Crippen LogP contribution in [0.15, 0.2) is 70.3 Å². The Kier molecular flexibility index (Phi) is 6.91. The molecule has 0 saturated carbocycles. The van der Waals surface area contributed by atoms with Gasteiger partial charge in [-0.15, -0.1) is 0 Å². The van der Waals surface area contributed by atoms with Crippen molar-refractivity contribution in [3.63, 3.8) is 0 Å². The van der Waals surface area contributed by atoms with E-state index in [4.69, 9.17) is 4.74 Å². The number of hydrogen-bond acceptors (Lipinski definition) is 4. The Labute approximate surface area is 196 Å². The Morgan fingerprint density at radius 2 is 1.97 bits per heavy atom. The molecule has 8 heteroatoms. The van der Waals surface area contributed by atoms with Crippen LogP contribution in [0.5, 0.6) is 0 Å². The van der Waals surface area contributed by atoms with Crippen molar-refractivity contribution in [3.05, 3.63) is 93.5 Å². The fraction of sp³-hybridized carbons (Fsp3) is 0.167. The summed E-state index contributed by atoms with van der Waals surface area (Å²) in [5.41, 5.74) is 3.14. The number of hydrogen-bond donors (Lipinski definition) is 0. The minimum absolute atomic E-state index is 0.282. The van der Waals surface area contributed by atoms with E-state index in [0.29, 0.717) is 38.6 Å². The van der Waals surface area contributed by atoms with Gasteiger partial charge in [0.15, 0.2) is 5.16 Å². The lowest BCUT2D eigenvalue weighted by atomic mass is 10.2. The molecular formula is C24H19BrF2N2O2S. The quantitative estimate of drug-likeness (QED) is 0.205. The molecule has 4 rings (SSSR count). The summed E-state index contributed by atoms with van der Waals surface area (Å²) in [6, 6.07) is 16.5. The standard InChI is InChI=1S/C24H19BrF2N2O2S/c1-2-31-23(30)16-7-9-22-21(11-16)28-24(29(22)13-15-4-3-5-19(26)10-15)32-14-17-6-8-18(25)12-20(17)27/h3-12H,2,13-14H2,1H3. The number of carbonyl (C=O) groups excluding carboxylic acids is 1. The highest BCUT2D eigenvalue weighted by Gasteiger charge is 2.16. The molecule has 0 N–H and O–H groups in total. The highest BCUT2D eigenvalue weighted by atomic mass is 79.9. The molecule has 1 heterocycles. The summed E-state index contributed by atoms with van der Waals surface area (Å²) >= 11 is 4.65. The van der Waals surface area contributed by atoms with E-state index in [2.05, 4.69) is 20.9 Å². The van der Waals surface area contributed by atoms with Gasteiger partial charge in [0, 0.05) is 10.2 Å². The number of carbonyl (C=O) groups is 1. The summed E-state index contributed by atoms with van der Waals surface area (Å²) < 4.78 is 35.7. The second-order valence-corrected chi connectivity index (χ2v) is 8.92. The van der Waals surface area contributed by atoms with Gasteiger partial charge in [-0.25, -0.2) is 18.6 Å². The van der Waals surface area contributed by atoms with Crippen molar-refractivity contribution in [2.24, 2.45) is 0 Å². The zero-order valence-corrected chi connectivity index (χ0v) is 19.6. The predicted molar refractivity (Wildman–Crippen MR) is 125 cm³/mol. The SMILES string of the molecule is CCOC(=O)c1ccc2c(c1)nc(SCc1ccc(Br)cc1F)n2Cc1cccc(F)c1. The first-order valence-corrected chi connectivity index (χ1v) is 11.7. The molecule has 0 unspecified atom stereocenters. The van der Waals surface area contributed by atoms with Gasteiger partial charge in [0.2, 0.25) is 0 Å². The number of benzene rings is 3. The number of ether oxygens (including phenoxy) is 1. The van der Waals surface area contributed by atoms with Crippen LogP contribution in [-0.4, -0.2) is 22.1 Å². The van der Waals surface area contributed by atoms with Crippen LogP contribution >= 0.6 is 27.7 Å². The molecular weight excluding hydrogens is 498 g/mol. The average molecular weight is 517 g/mol. The maximum atomic E-state index is 14.3. The third-order valence-electron chi connectivity index (χ3n) is 4.83. The van der Waals surface area contributed by atoms with E-state index >= 15 is 0 Å². The second kappa shape index (κ2) is 9.83. The van der Waals surface area contributed by atoms with Crippen molar-refractivity contribution in [1.29, 1.82) is 0 Å². The number of nitrogens with zero attached hydrogens (tertiary/aromatic N) is 2. The fourth-order valence-corrected chi connectivity index (χ4v) is 4.64. The minimum atomic E-state index is -0.416. The van der Waals surface area contributed by atoms with Gasteiger partial charge >= 0.3 is 5.97 Å². The normalized spacial score (nSPS) is 11.1. The Hall–Kier alpha value is -2.71. The Balaban J connectivity index is 1.71. The van der Waals surface area contributed by atoms with E-state index in [1.807, 2.05) is 10.6 Å². The Morgan fingerprint density at radius 1 is 1.12 bits per heavy atom. The average Bonchev–Trinajstić information content (AvgIpc) is 3.10. The first-order chi connectivity index (χ1) is 15.4. The Morgan fingerprint density at radius 3 is 2.72 bits per heavy atom. The molecule has 0 atom stereocenters. The van der Waals surface area contributed by atoms with Gasteiger partial charge in [-0.2, -0.15) is 0 Å². The monoisotopic (exact) mass is 516 g/mol. The molecule has 0 aliphatic carbocycles. The van der Waals surface area contributed by atoms with E-state index in [1.165, 1.54) is 30.0 Å². The maximum Gasteiger partial charge on any atom is 0.338 e. The topological polar surface area (TPSA) is 44.1 Å². The molecule has 3 aromatic carbocycles. The largest absolute Gasteiger partial charge is 0.462 e. The van der Waals surface area contributed by atoms with Crippen LogP contribution in [0.2, 0.25) is 0 Å². The zero-order chi connectivity index (χ0) is 22.7. The number of imidazole rings is 1. The van der Waals surface area contributed by atoms with Crippen LogP contribution in [-0.2, 0) is 17.0 Å². The van der Waals surface area contributed by atoms with E-state index in [9.17, 15) is 13.6 Å². The highest BCUT2D eigenvalue weighted by Crippen LogP contribution is 2.30. The van der Waals surface area contributed by atoms with Gasteiger partial charge in [0.1, 0.15) is 11.6 Å². The molecule has 0 spiro atoms. The second-order valence-electron chi connectivity index (χ2n) is 7.06. The summed E-state index contributed by atoms with van der Waals surface area (Å²) in [6.45, 7) is 2.42.